The van der Waals surface area contributed by atoms with Gasteiger partial charge in [0, 0.05) is 10.4 Å². The summed E-state index contributed by atoms with van der Waals surface area (Å²) in [5, 5.41) is 1.30. The second-order valence-corrected chi connectivity index (χ2v) is 9.53. The third-order valence-corrected chi connectivity index (χ3v) is 7.41. The van der Waals surface area contributed by atoms with Crippen molar-refractivity contribution in [2.24, 2.45) is 5.73 Å². The minimum atomic E-state index is -3.91. The first-order chi connectivity index (χ1) is 13.3. The average Bonchev–Trinajstić information content (AvgIpc) is 2.81. The molecule has 0 radical (unpaired) electrons. The highest BCUT2D eigenvalue weighted by Gasteiger charge is 2.34. The largest absolute Gasteiger partial charge is 0.369 e. The molecule has 1 amide bonds. The van der Waals surface area contributed by atoms with Crippen LogP contribution >= 0.6 is 11.6 Å². The zero-order valence-electron chi connectivity index (χ0n) is 15.5. The molecule has 1 atom stereocenters. The van der Waals surface area contributed by atoms with E-state index in [2.05, 4.69) is 0 Å². The molecule has 28 heavy (non-hydrogen) atoms. The molecule has 0 unspecified atom stereocenters. The van der Waals surface area contributed by atoms with Gasteiger partial charge in [-0.15, -0.1) is 0 Å². The lowest BCUT2D eigenvalue weighted by atomic mass is 9.98. The molecule has 1 aliphatic carbocycles. The van der Waals surface area contributed by atoms with Gasteiger partial charge in [-0.3, -0.25) is 4.79 Å². The number of nitrogens with zero attached hydrogens (tertiary/aromatic N) is 1. The summed E-state index contributed by atoms with van der Waals surface area (Å²) in [5.41, 5.74) is 8.55. The van der Waals surface area contributed by atoms with Crippen molar-refractivity contribution < 1.29 is 13.2 Å². The summed E-state index contributed by atoms with van der Waals surface area (Å²) in [6.45, 7) is 1.90. The molecular formula is C21H21ClN2O3S. The van der Waals surface area contributed by atoms with Crippen LogP contribution in [0.5, 0.6) is 0 Å². The smallest absolute Gasteiger partial charge is 0.268 e. The molecule has 7 heteroatoms. The van der Waals surface area contributed by atoms with Crippen LogP contribution in [-0.4, -0.2) is 18.3 Å². The molecule has 146 valence electrons. The Hall–Kier alpha value is -2.31. The van der Waals surface area contributed by atoms with E-state index in [4.69, 9.17) is 17.3 Å². The number of aromatic nitrogens is 1. The Labute approximate surface area is 169 Å². The first kappa shape index (κ1) is 19.0. The standard InChI is InChI=1S/C21H21ClN2O3S/c1-13-6-9-15(10-7-13)28(26,27)24-19-11-8-14(22)12-18(19)16-4-2-3-5-17(20(16)24)21(23)25/h6-12,17H,2-5H2,1H3,(H2,23,25)/t17-/m0/s1. The van der Waals surface area contributed by atoms with Gasteiger partial charge in [0.2, 0.25) is 5.91 Å². The van der Waals surface area contributed by atoms with Gasteiger partial charge in [-0.1, -0.05) is 35.7 Å². The van der Waals surface area contributed by atoms with Gasteiger partial charge < -0.3 is 5.73 Å². The SMILES string of the molecule is Cc1ccc(S(=O)(=O)n2c3c(c4cc(Cl)ccc42)CCCC[C@@H]3C(N)=O)cc1. The summed E-state index contributed by atoms with van der Waals surface area (Å²) < 4.78 is 28.6. The van der Waals surface area contributed by atoms with Gasteiger partial charge in [-0.2, -0.15) is 0 Å². The summed E-state index contributed by atoms with van der Waals surface area (Å²) in [5.74, 6) is -1.15. The van der Waals surface area contributed by atoms with Crippen molar-refractivity contribution in [1.82, 2.24) is 3.97 Å². The Morgan fingerprint density at radius 1 is 1.14 bits per heavy atom. The van der Waals surface area contributed by atoms with E-state index in [0.29, 0.717) is 29.1 Å². The molecule has 2 aromatic carbocycles. The number of carbonyl (C=O) groups excluding carboxylic acids is 1. The molecular weight excluding hydrogens is 396 g/mol. The van der Waals surface area contributed by atoms with E-state index in [-0.39, 0.29) is 4.90 Å². The maximum absolute atomic E-state index is 13.6. The monoisotopic (exact) mass is 416 g/mol. The number of benzene rings is 2. The third-order valence-electron chi connectivity index (χ3n) is 5.43. The first-order valence-corrected chi connectivity index (χ1v) is 11.1. The van der Waals surface area contributed by atoms with E-state index in [1.807, 2.05) is 6.92 Å². The van der Waals surface area contributed by atoms with Gasteiger partial charge in [0.25, 0.3) is 10.0 Å². The summed E-state index contributed by atoms with van der Waals surface area (Å²) in [6.07, 6.45) is 2.91. The highest BCUT2D eigenvalue weighted by atomic mass is 35.5. The van der Waals surface area contributed by atoms with Crippen LogP contribution in [0, 0.1) is 6.92 Å². The Morgan fingerprint density at radius 3 is 2.54 bits per heavy atom. The summed E-state index contributed by atoms with van der Waals surface area (Å²) in [7, 11) is -3.91. The summed E-state index contributed by atoms with van der Waals surface area (Å²) in [4.78, 5) is 12.4. The van der Waals surface area contributed by atoms with Crippen molar-refractivity contribution >= 4 is 38.4 Å². The summed E-state index contributed by atoms with van der Waals surface area (Å²) in [6, 6.07) is 11.9. The van der Waals surface area contributed by atoms with Crippen LogP contribution < -0.4 is 5.73 Å². The Kier molecular flexibility index (Phi) is 4.71. The Balaban J connectivity index is 2.10. The Bertz CT molecular complexity index is 1180. The number of hydrogen-bond acceptors (Lipinski definition) is 3. The highest BCUT2D eigenvalue weighted by Crippen LogP contribution is 2.40. The van der Waals surface area contributed by atoms with Crippen LogP contribution in [-0.2, 0) is 21.2 Å². The van der Waals surface area contributed by atoms with E-state index in [1.54, 1.807) is 42.5 Å². The molecule has 5 nitrogen and oxygen atoms in total. The van der Waals surface area contributed by atoms with Crippen molar-refractivity contribution in [3.05, 3.63) is 64.3 Å². The molecule has 0 fully saturated rings. The maximum Gasteiger partial charge on any atom is 0.268 e. The number of aryl methyl sites for hydroxylation is 2. The lowest BCUT2D eigenvalue weighted by Crippen LogP contribution is -2.26. The maximum atomic E-state index is 13.6. The predicted molar refractivity (Wildman–Crippen MR) is 110 cm³/mol. The minimum absolute atomic E-state index is 0.181. The molecule has 0 aliphatic heterocycles. The fraction of sp³-hybridized carbons (Fsp3) is 0.286. The molecule has 1 aliphatic rings. The van der Waals surface area contributed by atoms with E-state index in [9.17, 15) is 13.2 Å². The number of primary amides is 1. The van der Waals surface area contributed by atoms with Crippen molar-refractivity contribution in [2.45, 2.75) is 43.4 Å². The molecule has 0 spiro atoms. The predicted octanol–water partition coefficient (Wildman–Crippen LogP) is 4.14. The molecule has 0 bridgehead atoms. The zero-order chi connectivity index (χ0) is 20.1. The Morgan fingerprint density at radius 2 is 1.86 bits per heavy atom. The quantitative estimate of drug-likeness (QED) is 0.651. The van der Waals surface area contributed by atoms with Crippen molar-refractivity contribution in [3.8, 4) is 0 Å². The normalized spacial score (nSPS) is 17.3. The molecule has 3 aromatic rings. The average molecular weight is 417 g/mol. The van der Waals surface area contributed by atoms with Crippen LogP contribution in [0.4, 0.5) is 0 Å². The number of carbonyl (C=O) groups is 1. The topological polar surface area (TPSA) is 82.2 Å². The van der Waals surface area contributed by atoms with Crippen molar-refractivity contribution in [1.29, 1.82) is 0 Å². The lowest BCUT2D eigenvalue weighted by molar-refractivity contribution is -0.119. The van der Waals surface area contributed by atoms with Crippen LogP contribution in [0.2, 0.25) is 5.02 Å². The van der Waals surface area contributed by atoms with Gasteiger partial charge in [0.05, 0.1) is 22.0 Å². The molecule has 1 heterocycles. The fourth-order valence-corrected chi connectivity index (χ4v) is 5.85. The second-order valence-electron chi connectivity index (χ2n) is 7.31. The molecule has 1 aromatic heterocycles. The molecule has 4 rings (SSSR count). The van der Waals surface area contributed by atoms with Gasteiger partial charge in [-0.05, 0) is 62.1 Å². The molecule has 0 saturated carbocycles. The molecule has 0 saturated heterocycles. The van der Waals surface area contributed by atoms with Crippen LogP contribution in [0.1, 0.15) is 42.0 Å². The van der Waals surface area contributed by atoms with E-state index in [1.165, 1.54) is 3.97 Å². The number of nitrogens with two attached hydrogens (primary N) is 1. The van der Waals surface area contributed by atoms with Crippen LogP contribution in [0.3, 0.4) is 0 Å². The highest BCUT2D eigenvalue weighted by molar-refractivity contribution is 7.90. The van der Waals surface area contributed by atoms with E-state index < -0.39 is 21.8 Å². The van der Waals surface area contributed by atoms with Gasteiger partial charge in [0.15, 0.2) is 0 Å². The number of fused-ring (bicyclic) bond motifs is 3. The van der Waals surface area contributed by atoms with Gasteiger partial charge in [0.1, 0.15) is 0 Å². The minimum Gasteiger partial charge on any atom is -0.369 e. The number of halogens is 1. The third kappa shape index (κ3) is 3.01. The number of hydrogen-bond donors (Lipinski definition) is 1. The van der Waals surface area contributed by atoms with Gasteiger partial charge in [-0.25, -0.2) is 12.4 Å². The summed E-state index contributed by atoms with van der Waals surface area (Å²) >= 11 is 6.21. The van der Waals surface area contributed by atoms with E-state index >= 15 is 0 Å². The van der Waals surface area contributed by atoms with Crippen molar-refractivity contribution in [3.63, 3.8) is 0 Å². The molecule has 2 N–H and O–H groups in total. The van der Waals surface area contributed by atoms with Crippen molar-refractivity contribution in [2.75, 3.05) is 0 Å². The second kappa shape index (κ2) is 6.94. The van der Waals surface area contributed by atoms with Gasteiger partial charge >= 0.3 is 0 Å². The first-order valence-electron chi connectivity index (χ1n) is 9.25. The fourth-order valence-electron chi connectivity index (χ4n) is 4.07. The van der Waals surface area contributed by atoms with Crippen LogP contribution in [0.25, 0.3) is 10.9 Å². The number of rotatable bonds is 3. The number of amides is 1. The van der Waals surface area contributed by atoms with Crippen LogP contribution in [0.15, 0.2) is 47.4 Å². The van der Waals surface area contributed by atoms with E-state index in [0.717, 1.165) is 29.4 Å². The lowest BCUT2D eigenvalue weighted by Gasteiger charge is -2.17. The zero-order valence-corrected chi connectivity index (χ0v) is 17.1.